The van der Waals surface area contributed by atoms with Crippen molar-refractivity contribution in [3.05, 3.63) is 47.5 Å². The molecule has 0 saturated carbocycles. The zero-order valence-electron chi connectivity index (χ0n) is 8.74. The third-order valence-electron chi connectivity index (χ3n) is 3.01. The standard InChI is InChI=1S/C13H8Br2O2/c14-16-10-3-1-8-5-9-2-4-11(17-15)7-13(9)12(8)6-10/h1-4,6-7H,5H2. The highest BCUT2D eigenvalue weighted by atomic mass is 79.9. The van der Waals surface area contributed by atoms with Crippen LogP contribution in [-0.2, 0) is 6.42 Å². The van der Waals surface area contributed by atoms with Gasteiger partial charge in [-0.15, -0.1) is 0 Å². The zero-order chi connectivity index (χ0) is 11.8. The minimum Gasteiger partial charge on any atom is -0.418 e. The summed E-state index contributed by atoms with van der Waals surface area (Å²) in [7, 11) is 0. The van der Waals surface area contributed by atoms with Crippen molar-refractivity contribution in [2.24, 2.45) is 0 Å². The maximum atomic E-state index is 5.08. The molecule has 1 aliphatic rings. The van der Waals surface area contributed by atoms with Gasteiger partial charge in [0.15, 0.2) is 32.5 Å². The smallest absolute Gasteiger partial charge is 0.179 e. The summed E-state index contributed by atoms with van der Waals surface area (Å²) < 4.78 is 10.2. The third-order valence-corrected chi connectivity index (χ3v) is 3.76. The van der Waals surface area contributed by atoms with Gasteiger partial charge in [-0.25, -0.2) is 0 Å². The van der Waals surface area contributed by atoms with Crippen LogP contribution in [0.4, 0.5) is 0 Å². The van der Waals surface area contributed by atoms with Crippen LogP contribution in [-0.4, -0.2) is 0 Å². The van der Waals surface area contributed by atoms with E-state index in [9.17, 15) is 0 Å². The van der Waals surface area contributed by atoms with Crippen LogP contribution < -0.4 is 7.66 Å². The highest BCUT2D eigenvalue weighted by molar-refractivity contribution is 9.06. The summed E-state index contributed by atoms with van der Waals surface area (Å²) in [4.78, 5) is 0. The van der Waals surface area contributed by atoms with Crippen LogP contribution in [0.2, 0.25) is 0 Å². The van der Waals surface area contributed by atoms with Crippen LogP contribution in [0.5, 0.6) is 11.5 Å². The van der Waals surface area contributed by atoms with Gasteiger partial charge in [-0.05, 0) is 52.9 Å². The molecule has 0 atom stereocenters. The van der Waals surface area contributed by atoms with Crippen LogP contribution >= 0.6 is 32.5 Å². The highest BCUT2D eigenvalue weighted by Gasteiger charge is 2.19. The molecule has 0 fully saturated rings. The molecule has 0 aliphatic heterocycles. The zero-order valence-corrected chi connectivity index (χ0v) is 11.9. The molecule has 0 amide bonds. The van der Waals surface area contributed by atoms with Crippen LogP contribution in [0.25, 0.3) is 11.1 Å². The number of fused-ring (bicyclic) bond motifs is 3. The van der Waals surface area contributed by atoms with E-state index in [4.69, 9.17) is 7.66 Å². The lowest BCUT2D eigenvalue weighted by Crippen LogP contribution is -1.81. The second-order valence-electron chi connectivity index (χ2n) is 3.97. The molecule has 17 heavy (non-hydrogen) atoms. The second-order valence-corrected chi connectivity index (χ2v) is 4.62. The Labute approximate surface area is 116 Å². The summed E-state index contributed by atoms with van der Waals surface area (Å²) in [5.74, 6) is 1.61. The summed E-state index contributed by atoms with van der Waals surface area (Å²) in [5.41, 5.74) is 5.06. The van der Waals surface area contributed by atoms with Crippen LogP contribution in [0, 0.1) is 0 Å². The second kappa shape index (κ2) is 4.35. The van der Waals surface area contributed by atoms with Crippen molar-refractivity contribution < 1.29 is 7.66 Å². The van der Waals surface area contributed by atoms with E-state index in [2.05, 4.69) is 44.6 Å². The molecule has 2 aromatic rings. The van der Waals surface area contributed by atoms with Gasteiger partial charge in [0.25, 0.3) is 0 Å². The first-order valence-corrected chi connectivity index (χ1v) is 6.44. The molecule has 0 saturated heterocycles. The summed E-state index contributed by atoms with van der Waals surface area (Å²) >= 11 is 6.00. The molecule has 2 aromatic carbocycles. The van der Waals surface area contributed by atoms with Gasteiger partial charge in [-0.3, -0.25) is 0 Å². The first-order valence-electron chi connectivity index (χ1n) is 5.15. The Morgan fingerprint density at radius 1 is 0.765 bits per heavy atom. The van der Waals surface area contributed by atoms with Gasteiger partial charge in [0.1, 0.15) is 11.5 Å². The lowest BCUT2D eigenvalue weighted by molar-refractivity contribution is 0.677. The summed E-state index contributed by atoms with van der Waals surface area (Å²) in [6.07, 6.45) is 0.968. The van der Waals surface area contributed by atoms with Gasteiger partial charge in [0.2, 0.25) is 0 Å². The topological polar surface area (TPSA) is 18.5 Å². The lowest BCUT2D eigenvalue weighted by atomic mass is 10.1. The average Bonchev–Trinajstić information content (AvgIpc) is 2.75. The monoisotopic (exact) mass is 354 g/mol. The van der Waals surface area contributed by atoms with E-state index in [1.54, 1.807) is 0 Å². The normalized spacial score (nSPS) is 11.9. The summed E-state index contributed by atoms with van der Waals surface area (Å²) in [6, 6.07) is 12.2. The van der Waals surface area contributed by atoms with Gasteiger partial charge >= 0.3 is 0 Å². The quantitative estimate of drug-likeness (QED) is 0.667. The number of benzene rings is 2. The van der Waals surface area contributed by atoms with Crippen LogP contribution in [0.3, 0.4) is 0 Å². The Balaban J connectivity index is 2.17. The highest BCUT2D eigenvalue weighted by Crippen LogP contribution is 2.40. The van der Waals surface area contributed by atoms with E-state index in [1.807, 2.05) is 24.3 Å². The average molecular weight is 356 g/mol. The lowest BCUT2D eigenvalue weighted by Gasteiger charge is -2.04. The molecule has 1 aliphatic carbocycles. The molecule has 0 bridgehead atoms. The van der Waals surface area contributed by atoms with Crippen molar-refractivity contribution >= 4 is 32.5 Å². The van der Waals surface area contributed by atoms with E-state index in [0.717, 1.165) is 17.9 Å². The molecule has 0 unspecified atom stereocenters. The van der Waals surface area contributed by atoms with Gasteiger partial charge in [-0.1, -0.05) is 12.1 Å². The van der Waals surface area contributed by atoms with Crippen molar-refractivity contribution in [1.82, 2.24) is 0 Å². The molecule has 0 spiro atoms. The first-order chi connectivity index (χ1) is 8.31. The van der Waals surface area contributed by atoms with Crippen molar-refractivity contribution in [1.29, 1.82) is 0 Å². The van der Waals surface area contributed by atoms with Gasteiger partial charge < -0.3 is 7.66 Å². The minimum absolute atomic E-state index is 0.807. The largest absolute Gasteiger partial charge is 0.418 e. The molecule has 0 heterocycles. The van der Waals surface area contributed by atoms with Crippen LogP contribution in [0.15, 0.2) is 36.4 Å². The Morgan fingerprint density at radius 3 is 1.65 bits per heavy atom. The predicted molar refractivity (Wildman–Crippen MR) is 73.8 cm³/mol. The minimum atomic E-state index is 0.807. The maximum absolute atomic E-state index is 5.08. The SMILES string of the molecule is BrOc1ccc2c(c1)-c1cc(OBr)ccc1C2. The maximum Gasteiger partial charge on any atom is 0.179 e. The van der Waals surface area contributed by atoms with E-state index in [1.165, 1.54) is 22.3 Å². The van der Waals surface area contributed by atoms with Crippen molar-refractivity contribution in [2.45, 2.75) is 6.42 Å². The van der Waals surface area contributed by atoms with Crippen molar-refractivity contribution in [3.8, 4) is 22.6 Å². The van der Waals surface area contributed by atoms with E-state index in [0.29, 0.717) is 0 Å². The molecule has 0 aromatic heterocycles. The Hall–Kier alpha value is -1.00. The molecule has 3 rings (SSSR count). The molecule has 0 radical (unpaired) electrons. The Morgan fingerprint density at radius 2 is 1.24 bits per heavy atom. The van der Waals surface area contributed by atoms with Crippen LogP contribution in [0.1, 0.15) is 11.1 Å². The Bertz CT molecular complexity index is 530. The fraction of sp³-hybridized carbons (Fsp3) is 0.0769. The van der Waals surface area contributed by atoms with E-state index >= 15 is 0 Å². The number of hydrogen-bond donors (Lipinski definition) is 0. The molecule has 0 N–H and O–H groups in total. The summed E-state index contributed by atoms with van der Waals surface area (Å²) in [6.45, 7) is 0. The van der Waals surface area contributed by atoms with Crippen molar-refractivity contribution in [2.75, 3.05) is 0 Å². The van der Waals surface area contributed by atoms with Crippen molar-refractivity contribution in [3.63, 3.8) is 0 Å². The molecule has 2 nitrogen and oxygen atoms in total. The van der Waals surface area contributed by atoms with Gasteiger partial charge in [0, 0.05) is 0 Å². The summed E-state index contributed by atoms with van der Waals surface area (Å²) in [5, 5.41) is 0. The predicted octanol–water partition coefficient (Wildman–Crippen LogP) is 4.64. The van der Waals surface area contributed by atoms with E-state index in [-0.39, 0.29) is 0 Å². The van der Waals surface area contributed by atoms with Gasteiger partial charge in [0.05, 0.1) is 0 Å². The number of halogens is 2. The molecule has 86 valence electrons. The Kier molecular flexibility index (Phi) is 2.84. The third kappa shape index (κ3) is 1.85. The fourth-order valence-electron chi connectivity index (χ4n) is 2.22. The first kappa shape index (κ1) is 11.1. The fourth-order valence-corrected chi connectivity index (χ4v) is 2.62. The number of rotatable bonds is 2. The molecular weight excluding hydrogens is 348 g/mol. The van der Waals surface area contributed by atoms with E-state index < -0.39 is 0 Å². The number of hydrogen-bond acceptors (Lipinski definition) is 2. The molecule has 4 heteroatoms. The molecular formula is C13H8Br2O2. The van der Waals surface area contributed by atoms with Gasteiger partial charge in [-0.2, -0.15) is 0 Å².